The molecule has 0 bridgehead atoms. The Bertz CT molecular complexity index is 1060. The lowest BCUT2D eigenvalue weighted by Crippen LogP contribution is -2.56. The van der Waals surface area contributed by atoms with Gasteiger partial charge < -0.3 is 19.3 Å². The molecule has 0 radical (unpaired) electrons. The average Bonchev–Trinajstić information content (AvgIpc) is 3.20. The predicted octanol–water partition coefficient (Wildman–Crippen LogP) is 1.58. The first-order chi connectivity index (χ1) is 13.7. The number of carbonyl (C=O) groups excluding carboxylic acids is 2. The standard InChI is InChI=1S/C20H18N4O4/c25-19-11-23(20(26)18-12-27-16-3-1-2-4-17(16)28-18)7-8-24(19)14-5-6-15-13(9-14)10-21-22-15/h1-6,9-10,18H,7-8,11-12H2,(H,21,22)/t18-/m0/s1. The number of carbonyl (C=O) groups is 2. The Morgan fingerprint density at radius 3 is 2.86 bits per heavy atom. The van der Waals surface area contributed by atoms with Gasteiger partial charge in [0.05, 0.1) is 11.7 Å². The summed E-state index contributed by atoms with van der Waals surface area (Å²) >= 11 is 0. The number of aromatic nitrogens is 2. The number of nitrogens with one attached hydrogen (secondary N) is 1. The van der Waals surface area contributed by atoms with Gasteiger partial charge >= 0.3 is 0 Å². The number of para-hydroxylation sites is 2. The highest BCUT2D eigenvalue weighted by molar-refractivity contribution is 6.00. The molecule has 2 aliphatic rings. The largest absolute Gasteiger partial charge is 0.485 e. The second-order valence-electron chi connectivity index (χ2n) is 6.81. The van der Waals surface area contributed by atoms with Crippen molar-refractivity contribution in [3.05, 3.63) is 48.7 Å². The van der Waals surface area contributed by atoms with Gasteiger partial charge in [0.2, 0.25) is 12.0 Å². The van der Waals surface area contributed by atoms with E-state index >= 15 is 0 Å². The Kier molecular flexibility index (Phi) is 3.89. The average molecular weight is 378 g/mol. The second kappa shape index (κ2) is 6.56. The third-order valence-corrected chi connectivity index (χ3v) is 5.05. The van der Waals surface area contributed by atoms with Crippen molar-refractivity contribution in [1.82, 2.24) is 15.1 Å². The van der Waals surface area contributed by atoms with Gasteiger partial charge in [-0.3, -0.25) is 14.7 Å². The van der Waals surface area contributed by atoms with Gasteiger partial charge in [0.15, 0.2) is 11.5 Å². The van der Waals surface area contributed by atoms with Crippen molar-refractivity contribution in [2.45, 2.75) is 6.10 Å². The van der Waals surface area contributed by atoms with E-state index in [1.807, 2.05) is 30.3 Å². The molecule has 1 saturated heterocycles. The summed E-state index contributed by atoms with van der Waals surface area (Å²) in [5.41, 5.74) is 1.72. The van der Waals surface area contributed by atoms with Gasteiger partial charge in [-0.1, -0.05) is 12.1 Å². The number of benzene rings is 2. The molecule has 142 valence electrons. The molecule has 8 heteroatoms. The van der Waals surface area contributed by atoms with Crippen LogP contribution in [0.2, 0.25) is 0 Å². The van der Waals surface area contributed by atoms with Crippen LogP contribution in [0.15, 0.2) is 48.7 Å². The summed E-state index contributed by atoms with van der Waals surface area (Å²) < 4.78 is 11.4. The van der Waals surface area contributed by atoms with Crippen LogP contribution in [0.3, 0.4) is 0 Å². The molecule has 1 aromatic heterocycles. The highest BCUT2D eigenvalue weighted by atomic mass is 16.6. The van der Waals surface area contributed by atoms with Gasteiger partial charge in [-0.15, -0.1) is 0 Å². The van der Waals surface area contributed by atoms with Crippen LogP contribution in [0.1, 0.15) is 0 Å². The Hall–Kier alpha value is -3.55. The number of hydrogen-bond donors (Lipinski definition) is 1. The van der Waals surface area contributed by atoms with E-state index in [0.717, 1.165) is 16.6 Å². The number of amides is 2. The zero-order valence-electron chi connectivity index (χ0n) is 15.0. The van der Waals surface area contributed by atoms with Crippen LogP contribution in [-0.4, -0.2) is 59.3 Å². The fourth-order valence-electron chi connectivity index (χ4n) is 3.58. The summed E-state index contributed by atoms with van der Waals surface area (Å²) in [6.45, 7) is 1.03. The molecule has 2 amide bonds. The normalized spacial score (nSPS) is 19.1. The van der Waals surface area contributed by atoms with Crippen LogP contribution in [-0.2, 0) is 9.59 Å². The molecule has 0 unspecified atom stereocenters. The van der Waals surface area contributed by atoms with Gasteiger partial charge in [-0.2, -0.15) is 5.10 Å². The van der Waals surface area contributed by atoms with E-state index in [4.69, 9.17) is 9.47 Å². The van der Waals surface area contributed by atoms with Gasteiger partial charge in [-0.25, -0.2) is 0 Å². The molecule has 5 rings (SSSR count). The Labute approximate surface area is 160 Å². The number of rotatable bonds is 2. The number of nitrogens with zero attached hydrogens (tertiary/aromatic N) is 3. The summed E-state index contributed by atoms with van der Waals surface area (Å²) in [4.78, 5) is 28.8. The number of aromatic amines is 1. The van der Waals surface area contributed by atoms with Gasteiger partial charge in [0.1, 0.15) is 13.2 Å². The van der Waals surface area contributed by atoms with Crippen molar-refractivity contribution in [2.24, 2.45) is 0 Å². The molecular formula is C20H18N4O4. The van der Waals surface area contributed by atoms with Crippen LogP contribution in [0, 0.1) is 0 Å². The lowest BCUT2D eigenvalue weighted by molar-refractivity contribution is -0.145. The highest BCUT2D eigenvalue weighted by Crippen LogP contribution is 2.31. The molecule has 1 fully saturated rings. The van der Waals surface area contributed by atoms with E-state index in [1.165, 1.54) is 4.90 Å². The minimum absolute atomic E-state index is 0.0176. The first kappa shape index (κ1) is 16.6. The Morgan fingerprint density at radius 1 is 1.14 bits per heavy atom. The van der Waals surface area contributed by atoms with Crippen molar-refractivity contribution in [3.8, 4) is 11.5 Å². The molecule has 2 aliphatic heterocycles. The first-order valence-electron chi connectivity index (χ1n) is 9.10. The molecule has 0 spiro atoms. The molecular weight excluding hydrogens is 360 g/mol. The fourth-order valence-corrected chi connectivity index (χ4v) is 3.58. The van der Waals surface area contributed by atoms with Crippen molar-refractivity contribution < 1.29 is 19.1 Å². The van der Waals surface area contributed by atoms with E-state index in [0.29, 0.717) is 24.6 Å². The van der Waals surface area contributed by atoms with E-state index in [1.54, 1.807) is 23.2 Å². The third-order valence-electron chi connectivity index (χ3n) is 5.05. The predicted molar refractivity (Wildman–Crippen MR) is 101 cm³/mol. The van der Waals surface area contributed by atoms with Crippen molar-refractivity contribution in [1.29, 1.82) is 0 Å². The Balaban J connectivity index is 1.28. The van der Waals surface area contributed by atoms with Crippen molar-refractivity contribution in [3.63, 3.8) is 0 Å². The number of anilines is 1. The molecule has 3 heterocycles. The molecule has 0 aliphatic carbocycles. The monoisotopic (exact) mass is 378 g/mol. The summed E-state index contributed by atoms with van der Waals surface area (Å²) in [5.74, 6) is 0.819. The van der Waals surface area contributed by atoms with Crippen LogP contribution < -0.4 is 14.4 Å². The van der Waals surface area contributed by atoms with Crippen LogP contribution in [0.4, 0.5) is 5.69 Å². The van der Waals surface area contributed by atoms with Crippen molar-refractivity contribution >= 4 is 28.4 Å². The smallest absolute Gasteiger partial charge is 0.267 e. The topological polar surface area (TPSA) is 87.8 Å². The van der Waals surface area contributed by atoms with Gasteiger partial charge in [-0.05, 0) is 30.3 Å². The molecule has 1 N–H and O–H groups in total. The maximum absolute atomic E-state index is 12.8. The molecule has 3 aromatic rings. The van der Waals surface area contributed by atoms with Crippen molar-refractivity contribution in [2.75, 3.05) is 31.1 Å². The summed E-state index contributed by atoms with van der Waals surface area (Å²) in [6, 6.07) is 12.9. The van der Waals surface area contributed by atoms with E-state index in [2.05, 4.69) is 10.2 Å². The maximum atomic E-state index is 12.8. The minimum atomic E-state index is -0.739. The SMILES string of the molecule is O=C([C@@H]1COc2ccccc2O1)N1CCN(c2ccc3[nH]ncc3c2)C(=O)C1. The second-order valence-corrected chi connectivity index (χ2v) is 6.81. The zero-order chi connectivity index (χ0) is 19.1. The van der Waals surface area contributed by atoms with Gasteiger partial charge in [0, 0.05) is 24.2 Å². The first-order valence-corrected chi connectivity index (χ1v) is 9.10. The number of fused-ring (bicyclic) bond motifs is 2. The third kappa shape index (κ3) is 2.83. The molecule has 8 nitrogen and oxygen atoms in total. The highest BCUT2D eigenvalue weighted by Gasteiger charge is 2.35. The number of H-pyrrole nitrogens is 1. The Morgan fingerprint density at radius 2 is 2.00 bits per heavy atom. The van der Waals surface area contributed by atoms with E-state index in [9.17, 15) is 9.59 Å². The van der Waals surface area contributed by atoms with E-state index < -0.39 is 6.10 Å². The number of ether oxygens (including phenoxy) is 2. The lowest BCUT2D eigenvalue weighted by atomic mass is 10.2. The molecule has 0 saturated carbocycles. The minimum Gasteiger partial charge on any atom is -0.485 e. The molecule has 2 aromatic carbocycles. The van der Waals surface area contributed by atoms with Crippen LogP contribution in [0.5, 0.6) is 11.5 Å². The fraction of sp³-hybridized carbons (Fsp3) is 0.250. The number of piperazine rings is 1. The molecule has 28 heavy (non-hydrogen) atoms. The van der Waals surface area contributed by atoms with Gasteiger partial charge in [0.25, 0.3) is 5.91 Å². The maximum Gasteiger partial charge on any atom is 0.267 e. The van der Waals surface area contributed by atoms with E-state index in [-0.39, 0.29) is 25.0 Å². The zero-order valence-corrected chi connectivity index (χ0v) is 15.0. The summed E-state index contributed by atoms with van der Waals surface area (Å²) in [6.07, 6.45) is 0.984. The summed E-state index contributed by atoms with van der Waals surface area (Å²) in [5, 5.41) is 7.84. The van der Waals surface area contributed by atoms with Crippen LogP contribution >= 0.6 is 0 Å². The molecule has 1 atom stereocenters. The quantitative estimate of drug-likeness (QED) is 0.732. The summed E-state index contributed by atoms with van der Waals surface area (Å²) in [7, 11) is 0. The number of hydrogen-bond acceptors (Lipinski definition) is 5. The van der Waals surface area contributed by atoms with Crippen LogP contribution in [0.25, 0.3) is 10.9 Å². The lowest BCUT2D eigenvalue weighted by Gasteiger charge is -2.36.